The fourth-order valence-electron chi connectivity index (χ4n) is 2.78. The van der Waals surface area contributed by atoms with Crippen molar-refractivity contribution in [1.29, 1.82) is 0 Å². The quantitative estimate of drug-likeness (QED) is 0.740. The number of benzene rings is 2. The van der Waals surface area contributed by atoms with E-state index in [4.69, 9.17) is 0 Å². The SMILES string of the molecule is Cc1cc2c(c(-c3ccc(F)cc3)c1)CCCC2=O. The Bertz CT molecular complexity index is 641. The number of fused-ring (bicyclic) bond motifs is 1. The van der Waals surface area contributed by atoms with E-state index in [2.05, 4.69) is 6.07 Å². The number of halogens is 1. The summed E-state index contributed by atoms with van der Waals surface area (Å²) in [6.45, 7) is 2.00. The molecule has 0 aliphatic heterocycles. The van der Waals surface area contributed by atoms with Gasteiger partial charge in [-0.05, 0) is 60.2 Å². The Morgan fingerprint density at radius 1 is 1.00 bits per heavy atom. The molecule has 1 nitrogen and oxygen atoms in total. The molecule has 0 spiro atoms. The largest absolute Gasteiger partial charge is 0.294 e. The minimum absolute atomic E-state index is 0.230. The van der Waals surface area contributed by atoms with Crippen LogP contribution < -0.4 is 0 Å². The number of aryl methyl sites for hydroxylation is 1. The van der Waals surface area contributed by atoms with Crippen molar-refractivity contribution in [2.45, 2.75) is 26.2 Å². The Labute approximate surface area is 112 Å². The second-order valence-corrected chi connectivity index (χ2v) is 5.12. The molecule has 96 valence electrons. The van der Waals surface area contributed by atoms with Crippen LogP contribution in [0.5, 0.6) is 0 Å². The average molecular weight is 254 g/mol. The highest BCUT2D eigenvalue weighted by Gasteiger charge is 2.20. The van der Waals surface area contributed by atoms with Gasteiger partial charge in [0.1, 0.15) is 5.82 Å². The molecule has 3 rings (SSSR count). The monoisotopic (exact) mass is 254 g/mol. The molecule has 0 bridgehead atoms. The summed E-state index contributed by atoms with van der Waals surface area (Å²) in [4.78, 5) is 12.0. The summed E-state index contributed by atoms with van der Waals surface area (Å²) in [5.74, 6) is -0.00495. The van der Waals surface area contributed by atoms with Gasteiger partial charge < -0.3 is 0 Å². The first-order chi connectivity index (χ1) is 9.15. The molecule has 2 heteroatoms. The van der Waals surface area contributed by atoms with Gasteiger partial charge in [0.15, 0.2) is 5.78 Å². The first kappa shape index (κ1) is 12.1. The van der Waals surface area contributed by atoms with Crippen LogP contribution in [0, 0.1) is 12.7 Å². The molecule has 0 saturated carbocycles. The van der Waals surface area contributed by atoms with Crippen LogP contribution in [0.25, 0.3) is 11.1 Å². The molecule has 1 aliphatic rings. The number of Topliss-reactive ketones (excluding diaryl/α,β-unsaturated/α-hetero) is 1. The van der Waals surface area contributed by atoms with Crippen LogP contribution in [-0.2, 0) is 6.42 Å². The predicted molar refractivity (Wildman–Crippen MR) is 73.8 cm³/mol. The fourth-order valence-corrected chi connectivity index (χ4v) is 2.78. The number of carbonyl (C=O) groups excluding carboxylic acids is 1. The van der Waals surface area contributed by atoms with Crippen LogP contribution in [-0.4, -0.2) is 5.78 Å². The third kappa shape index (κ3) is 2.19. The molecule has 0 atom stereocenters. The Kier molecular flexibility index (Phi) is 2.94. The fraction of sp³-hybridized carbons (Fsp3) is 0.235. The van der Waals surface area contributed by atoms with Crippen molar-refractivity contribution in [2.75, 3.05) is 0 Å². The normalized spacial score (nSPS) is 14.3. The van der Waals surface area contributed by atoms with Gasteiger partial charge in [-0.1, -0.05) is 18.2 Å². The highest BCUT2D eigenvalue weighted by atomic mass is 19.1. The first-order valence-electron chi connectivity index (χ1n) is 6.58. The van der Waals surface area contributed by atoms with E-state index in [1.807, 2.05) is 13.0 Å². The lowest BCUT2D eigenvalue weighted by molar-refractivity contribution is 0.0972. The zero-order chi connectivity index (χ0) is 13.4. The Morgan fingerprint density at radius 2 is 1.68 bits per heavy atom. The van der Waals surface area contributed by atoms with E-state index in [1.165, 1.54) is 12.1 Å². The van der Waals surface area contributed by atoms with E-state index < -0.39 is 0 Å². The van der Waals surface area contributed by atoms with Gasteiger partial charge in [0.25, 0.3) is 0 Å². The Morgan fingerprint density at radius 3 is 2.42 bits per heavy atom. The highest BCUT2D eigenvalue weighted by Crippen LogP contribution is 2.32. The number of carbonyl (C=O) groups is 1. The molecule has 19 heavy (non-hydrogen) atoms. The summed E-state index contributed by atoms with van der Waals surface area (Å²) in [5.41, 5.74) is 5.10. The number of rotatable bonds is 1. The molecule has 0 N–H and O–H groups in total. The van der Waals surface area contributed by atoms with Crippen molar-refractivity contribution >= 4 is 5.78 Å². The van der Waals surface area contributed by atoms with Gasteiger partial charge in [-0.2, -0.15) is 0 Å². The summed E-state index contributed by atoms with van der Waals surface area (Å²) in [5, 5.41) is 0. The zero-order valence-corrected chi connectivity index (χ0v) is 10.9. The zero-order valence-electron chi connectivity index (χ0n) is 10.9. The van der Waals surface area contributed by atoms with Crippen LogP contribution in [0.1, 0.15) is 34.3 Å². The Balaban J connectivity index is 2.21. The van der Waals surface area contributed by atoms with Gasteiger partial charge in [-0.25, -0.2) is 4.39 Å². The van der Waals surface area contributed by atoms with Gasteiger partial charge >= 0.3 is 0 Å². The summed E-state index contributed by atoms with van der Waals surface area (Å²) in [6.07, 6.45) is 2.47. The van der Waals surface area contributed by atoms with Crippen LogP contribution in [0.2, 0.25) is 0 Å². The second kappa shape index (κ2) is 4.61. The van der Waals surface area contributed by atoms with Gasteiger partial charge in [-0.15, -0.1) is 0 Å². The van der Waals surface area contributed by atoms with Crippen LogP contribution in [0.15, 0.2) is 36.4 Å². The molecule has 0 aromatic heterocycles. The van der Waals surface area contributed by atoms with E-state index in [9.17, 15) is 9.18 Å². The predicted octanol–water partition coefficient (Wildman–Crippen LogP) is 4.32. The molecule has 2 aromatic carbocycles. The molecule has 0 fully saturated rings. The smallest absolute Gasteiger partial charge is 0.163 e. The second-order valence-electron chi connectivity index (χ2n) is 5.12. The molecule has 1 aliphatic carbocycles. The molecular weight excluding hydrogens is 239 g/mol. The van der Waals surface area contributed by atoms with Gasteiger partial charge in [0.2, 0.25) is 0 Å². The van der Waals surface area contributed by atoms with Crippen molar-refractivity contribution in [1.82, 2.24) is 0 Å². The molecule has 2 aromatic rings. The molecule has 0 unspecified atom stereocenters. The van der Waals surface area contributed by atoms with Gasteiger partial charge in [0, 0.05) is 12.0 Å². The molecule has 0 saturated heterocycles. The van der Waals surface area contributed by atoms with E-state index in [1.54, 1.807) is 12.1 Å². The maximum atomic E-state index is 13.0. The Hall–Kier alpha value is -1.96. The van der Waals surface area contributed by atoms with Crippen molar-refractivity contribution in [3.05, 3.63) is 58.9 Å². The minimum Gasteiger partial charge on any atom is -0.294 e. The molecule has 0 heterocycles. The van der Waals surface area contributed by atoms with E-state index >= 15 is 0 Å². The van der Waals surface area contributed by atoms with Crippen molar-refractivity contribution in [2.24, 2.45) is 0 Å². The third-order valence-corrected chi connectivity index (χ3v) is 3.68. The summed E-state index contributed by atoms with van der Waals surface area (Å²) >= 11 is 0. The molecular formula is C17H15FO. The molecule has 0 radical (unpaired) electrons. The summed E-state index contributed by atoms with van der Waals surface area (Å²) in [6, 6.07) is 10.6. The number of hydrogen-bond donors (Lipinski definition) is 0. The van der Waals surface area contributed by atoms with Gasteiger partial charge in [-0.3, -0.25) is 4.79 Å². The van der Waals surface area contributed by atoms with Crippen molar-refractivity contribution in [3.63, 3.8) is 0 Å². The number of hydrogen-bond acceptors (Lipinski definition) is 1. The van der Waals surface area contributed by atoms with Crippen molar-refractivity contribution in [3.8, 4) is 11.1 Å². The average Bonchev–Trinajstić information content (AvgIpc) is 2.40. The summed E-state index contributed by atoms with van der Waals surface area (Å²) < 4.78 is 13.0. The molecule has 0 amide bonds. The maximum Gasteiger partial charge on any atom is 0.163 e. The lowest BCUT2D eigenvalue weighted by atomic mass is 9.84. The van der Waals surface area contributed by atoms with Crippen molar-refractivity contribution < 1.29 is 9.18 Å². The van der Waals surface area contributed by atoms with E-state index in [-0.39, 0.29) is 11.6 Å². The van der Waals surface area contributed by atoms with E-state index in [0.29, 0.717) is 6.42 Å². The van der Waals surface area contributed by atoms with Crippen LogP contribution in [0.3, 0.4) is 0 Å². The minimum atomic E-state index is -0.235. The lowest BCUT2D eigenvalue weighted by Crippen LogP contribution is -2.12. The van der Waals surface area contributed by atoms with E-state index in [0.717, 1.165) is 40.7 Å². The highest BCUT2D eigenvalue weighted by molar-refractivity contribution is 6.00. The topological polar surface area (TPSA) is 17.1 Å². The number of ketones is 1. The lowest BCUT2D eigenvalue weighted by Gasteiger charge is -2.19. The third-order valence-electron chi connectivity index (χ3n) is 3.68. The maximum absolute atomic E-state index is 13.0. The van der Waals surface area contributed by atoms with Gasteiger partial charge in [0.05, 0.1) is 0 Å². The van der Waals surface area contributed by atoms with Crippen LogP contribution in [0.4, 0.5) is 4.39 Å². The van der Waals surface area contributed by atoms with Crippen LogP contribution >= 0.6 is 0 Å². The first-order valence-corrected chi connectivity index (χ1v) is 6.58. The summed E-state index contributed by atoms with van der Waals surface area (Å²) in [7, 11) is 0. The standard InChI is InChI=1S/C17H15FO/c1-11-9-15(12-5-7-13(18)8-6-12)14-3-2-4-17(19)16(14)10-11/h5-10H,2-4H2,1H3.